The van der Waals surface area contributed by atoms with Crippen LogP contribution in [0.4, 0.5) is 15.0 Å². The third kappa shape index (κ3) is 3.62. The van der Waals surface area contributed by atoms with Gasteiger partial charge in [-0.3, -0.25) is 10.1 Å². The Morgan fingerprint density at radius 3 is 2.88 bits per heavy atom. The lowest BCUT2D eigenvalue weighted by atomic mass is 9.84. The van der Waals surface area contributed by atoms with Crippen molar-refractivity contribution in [2.75, 3.05) is 11.9 Å². The lowest BCUT2D eigenvalue weighted by Gasteiger charge is -2.29. The van der Waals surface area contributed by atoms with Crippen molar-refractivity contribution in [3.63, 3.8) is 0 Å². The Balaban J connectivity index is 1.87. The quantitative estimate of drug-likeness (QED) is 0.851. The minimum Gasteiger partial charge on any atom is -0.492 e. The number of hydrogen-bond acceptors (Lipinski definition) is 5. The summed E-state index contributed by atoms with van der Waals surface area (Å²) in [5, 5.41) is 2.30. The zero-order valence-corrected chi connectivity index (χ0v) is 14.8. The minimum atomic E-state index is -1.17. The van der Waals surface area contributed by atoms with Gasteiger partial charge in [0, 0.05) is 17.7 Å². The first-order valence-corrected chi connectivity index (χ1v) is 8.20. The maximum atomic E-state index is 13.8. The van der Waals surface area contributed by atoms with Gasteiger partial charge in [0.15, 0.2) is 6.10 Å². The Morgan fingerprint density at radius 1 is 1.42 bits per heavy atom. The van der Waals surface area contributed by atoms with E-state index < -0.39 is 29.2 Å². The molecule has 1 amide bonds. The van der Waals surface area contributed by atoms with Gasteiger partial charge in [0.1, 0.15) is 17.4 Å². The van der Waals surface area contributed by atoms with Crippen LogP contribution in [0.2, 0.25) is 5.02 Å². The monoisotopic (exact) mass is 378 g/mol. The van der Waals surface area contributed by atoms with Gasteiger partial charge >= 0.3 is 6.09 Å². The molecule has 1 atom stereocenters. The van der Waals surface area contributed by atoms with Crippen molar-refractivity contribution in [1.82, 2.24) is 4.98 Å². The van der Waals surface area contributed by atoms with Crippen LogP contribution in [0, 0.1) is 11.2 Å². The van der Waals surface area contributed by atoms with Crippen LogP contribution >= 0.6 is 11.6 Å². The number of carbonyl (C=O) groups excluding carboxylic acids is 2. The first-order valence-electron chi connectivity index (χ1n) is 7.82. The molecular formula is C18H16ClFN2O4. The molecule has 8 heteroatoms. The summed E-state index contributed by atoms with van der Waals surface area (Å²) in [6, 6.07) is 7.21. The number of pyridine rings is 1. The average Bonchev–Trinajstić information content (AvgIpc) is 2.68. The molecule has 1 unspecified atom stereocenters. The normalized spacial score (nSPS) is 18.3. The molecular weight excluding hydrogens is 363 g/mol. The largest absolute Gasteiger partial charge is 0.492 e. The fourth-order valence-corrected chi connectivity index (χ4v) is 2.72. The maximum absolute atomic E-state index is 13.8. The Labute approximate surface area is 154 Å². The summed E-state index contributed by atoms with van der Waals surface area (Å²) in [4.78, 5) is 29.0. The zero-order chi connectivity index (χ0) is 18.9. The van der Waals surface area contributed by atoms with E-state index in [1.54, 1.807) is 32.0 Å². The standard InChI is InChI=1S/C18H16ClFN2O4/c1-18(2)9-25-13-8-11(19)12(20)7-10(13)15(23)16(18)26-17(24)22-14-5-3-4-6-21-14/h3-8,16H,9H2,1-2H3,(H,21,22,24). The number of Topliss-reactive ketones (excluding diaryl/α,β-unsaturated/α-hetero) is 1. The molecule has 1 aromatic heterocycles. The minimum absolute atomic E-state index is 0.0203. The smallest absolute Gasteiger partial charge is 0.413 e. The Hall–Kier alpha value is -2.67. The van der Waals surface area contributed by atoms with Crippen molar-refractivity contribution in [1.29, 1.82) is 0 Å². The van der Waals surface area contributed by atoms with Crippen LogP contribution in [0.5, 0.6) is 5.75 Å². The summed E-state index contributed by atoms with van der Waals surface area (Å²) in [5.74, 6) is -0.871. The second-order valence-electron chi connectivity index (χ2n) is 6.53. The molecule has 2 aromatic rings. The first-order chi connectivity index (χ1) is 12.3. The van der Waals surface area contributed by atoms with Gasteiger partial charge in [0.05, 0.1) is 17.2 Å². The highest BCUT2D eigenvalue weighted by atomic mass is 35.5. The molecule has 0 fully saturated rings. The molecule has 6 nitrogen and oxygen atoms in total. The number of nitrogens with zero attached hydrogens (tertiary/aromatic N) is 1. The number of carbonyl (C=O) groups is 2. The van der Waals surface area contributed by atoms with Gasteiger partial charge in [0.2, 0.25) is 5.78 Å². The third-order valence-electron chi connectivity index (χ3n) is 3.96. The number of benzene rings is 1. The predicted octanol–water partition coefficient (Wildman–Crippen LogP) is 4.09. The van der Waals surface area contributed by atoms with Crippen molar-refractivity contribution >= 4 is 29.3 Å². The highest BCUT2D eigenvalue weighted by Gasteiger charge is 2.43. The number of hydrogen-bond donors (Lipinski definition) is 1. The fraction of sp³-hybridized carbons (Fsp3) is 0.278. The van der Waals surface area contributed by atoms with Crippen LogP contribution in [0.3, 0.4) is 0 Å². The van der Waals surface area contributed by atoms with E-state index in [1.807, 2.05) is 0 Å². The number of halogens is 2. The van der Waals surface area contributed by atoms with Crippen molar-refractivity contribution in [3.05, 3.63) is 52.9 Å². The van der Waals surface area contributed by atoms with Crippen LogP contribution in [-0.4, -0.2) is 29.6 Å². The second kappa shape index (κ2) is 6.92. The number of nitrogens with one attached hydrogen (secondary N) is 1. The molecule has 0 saturated heterocycles. The highest BCUT2D eigenvalue weighted by Crippen LogP contribution is 2.37. The Kier molecular flexibility index (Phi) is 4.82. The summed E-state index contributed by atoms with van der Waals surface area (Å²) in [5.41, 5.74) is -0.867. The molecule has 0 saturated carbocycles. The molecule has 1 N–H and O–H groups in total. The summed E-state index contributed by atoms with van der Waals surface area (Å²) in [6.45, 7) is 3.51. The SMILES string of the molecule is CC1(C)COc2cc(Cl)c(F)cc2C(=O)C1OC(=O)Nc1ccccn1. The van der Waals surface area contributed by atoms with E-state index in [4.69, 9.17) is 21.1 Å². The third-order valence-corrected chi connectivity index (χ3v) is 4.25. The number of aromatic nitrogens is 1. The zero-order valence-electron chi connectivity index (χ0n) is 14.1. The van der Waals surface area contributed by atoms with Crippen molar-refractivity contribution in [2.24, 2.45) is 5.41 Å². The topological polar surface area (TPSA) is 77.5 Å². The van der Waals surface area contributed by atoms with Gasteiger partial charge in [0.25, 0.3) is 0 Å². The molecule has 0 aliphatic carbocycles. The lowest BCUT2D eigenvalue weighted by Crippen LogP contribution is -2.43. The summed E-state index contributed by atoms with van der Waals surface area (Å²) in [7, 11) is 0. The molecule has 1 aliphatic heterocycles. The van der Waals surface area contributed by atoms with Gasteiger partial charge in [-0.25, -0.2) is 14.2 Å². The second-order valence-corrected chi connectivity index (χ2v) is 6.94. The van der Waals surface area contributed by atoms with Crippen LogP contribution in [-0.2, 0) is 4.74 Å². The lowest BCUT2D eigenvalue weighted by molar-refractivity contribution is 0.0150. The van der Waals surface area contributed by atoms with E-state index in [2.05, 4.69) is 10.3 Å². The van der Waals surface area contributed by atoms with E-state index in [1.165, 1.54) is 12.3 Å². The van der Waals surface area contributed by atoms with Gasteiger partial charge in [-0.1, -0.05) is 31.5 Å². The van der Waals surface area contributed by atoms with Crippen molar-refractivity contribution in [2.45, 2.75) is 20.0 Å². The number of amides is 1. The van der Waals surface area contributed by atoms with Gasteiger partial charge in [-0.15, -0.1) is 0 Å². The number of ketones is 1. The predicted molar refractivity (Wildman–Crippen MR) is 93.1 cm³/mol. The van der Waals surface area contributed by atoms with Crippen molar-refractivity contribution < 1.29 is 23.5 Å². The van der Waals surface area contributed by atoms with E-state index in [0.29, 0.717) is 0 Å². The number of ether oxygens (including phenoxy) is 2. The molecule has 3 rings (SSSR count). The van der Waals surface area contributed by atoms with E-state index >= 15 is 0 Å². The molecule has 0 radical (unpaired) electrons. The molecule has 1 aliphatic rings. The van der Waals surface area contributed by atoms with Crippen LogP contribution in [0.25, 0.3) is 0 Å². The number of fused-ring (bicyclic) bond motifs is 1. The fourth-order valence-electron chi connectivity index (χ4n) is 2.57. The van der Waals surface area contributed by atoms with Crippen molar-refractivity contribution in [3.8, 4) is 5.75 Å². The molecule has 1 aromatic carbocycles. The molecule has 26 heavy (non-hydrogen) atoms. The summed E-state index contributed by atoms with van der Waals surface area (Å²) < 4.78 is 24.8. The molecule has 0 spiro atoms. The van der Waals surface area contributed by atoms with Gasteiger partial charge in [-0.2, -0.15) is 0 Å². The summed E-state index contributed by atoms with van der Waals surface area (Å²) in [6.07, 6.45) is -0.506. The van der Waals surface area contributed by atoms with Gasteiger partial charge < -0.3 is 9.47 Å². The van der Waals surface area contributed by atoms with Crippen LogP contribution < -0.4 is 10.1 Å². The Morgan fingerprint density at radius 2 is 2.19 bits per heavy atom. The summed E-state index contributed by atoms with van der Waals surface area (Å²) >= 11 is 5.76. The molecule has 136 valence electrons. The maximum Gasteiger partial charge on any atom is 0.413 e. The first kappa shape index (κ1) is 18.1. The number of anilines is 1. The highest BCUT2D eigenvalue weighted by molar-refractivity contribution is 6.31. The van der Waals surface area contributed by atoms with Crippen LogP contribution in [0.1, 0.15) is 24.2 Å². The molecule has 0 bridgehead atoms. The van der Waals surface area contributed by atoms with E-state index in [-0.39, 0.29) is 28.8 Å². The Bertz CT molecular complexity index is 858. The van der Waals surface area contributed by atoms with Gasteiger partial charge in [-0.05, 0) is 18.2 Å². The molecule has 2 heterocycles. The van der Waals surface area contributed by atoms with E-state index in [9.17, 15) is 14.0 Å². The van der Waals surface area contributed by atoms with E-state index in [0.717, 1.165) is 6.07 Å². The number of rotatable bonds is 2. The average molecular weight is 379 g/mol. The van der Waals surface area contributed by atoms with Crippen LogP contribution in [0.15, 0.2) is 36.5 Å².